The molecular formula is C10H16Cl2O5. The fourth-order valence-corrected chi connectivity index (χ4v) is 1.37. The van der Waals surface area contributed by atoms with Crippen molar-refractivity contribution in [1.82, 2.24) is 0 Å². The molecule has 0 bridgehead atoms. The number of carbonyl (C=O) groups excluding carboxylic acids is 2. The molecule has 2 unspecified atom stereocenters. The molecule has 0 saturated heterocycles. The van der Waals surface area contributed by atoms with Crippen molar-refractivity contribution < 1.29 is 23.8 Å². The number of ether oxygens (including phenoxy) is 3. The number of esters is 2. The van der Waals surface area contributed by atoms with Gasteiger partial charge in [-0.2, -0.15) is 0 Å². The first-order valence-corrected chi connectivity index (χ1v) is 5.99. The molecule has 0 rings (SSSR count). The molecule has 0 spiro atoms. The zero-order valence-corrected chi connectivity index (χ0v) is 11.3. The van der Waals surface area contributed by atoms with Crippen LogP contribution in [0.1, 0.15) is 26.7 Å². The van der Waals surface area contributed by atoms with Gasteiger partial charge in [-0.25, -0.2) is 0 Å². The molecule has 0 N–H and O–H groups in total. The van der Waals surface area contributed by atoms with Crippen LogP contribution >= 0.6 is 23.2 Å². The molecule has 0 aromatic heterocycles. The van der Waals surface area contributed by atoms with Gasteiger partial charge in [-0.15, -0.1) is 0 Å². The molecule has 0 heterocycles. The van der Waals surface area contributed by atoms with Crippen LogP contribution in [0.3, 0.4) is 0 Å². The van der Waals surface area contributed by atoms with Crippen LogP contribution in [-0.4, -0.2) is 36.3 Å². The highest BCUT2D eigenvalue weighted by atomic mass is 35.5. The van der Waals surface area contributed by atoms with Crippen molar-refractivity contribution in [3.8, 4) is 0 Å². The van der Waals surface area contributed by atoms with Crippen LogP contribution in [0.5, 0.6) is 0 Å². The third kappa shape index (κ3) is 11.7. The summed E-state index contributed by atoms with van der Waals surface area (Å²) in [5, 5.41) is 0. The lowest BCUT2D eigenvalue weighted by atomic mass is 10.4. The van der Waals surface area contributed by atoms with E-state index in [1.165, 1.54) is 13.8 Å². The average molecular weight is 287 g/mol. The molecule has 0 aliphatic heterocycles. The van der Waals surface area contributed by atoms with Gasteiger partial charge in [0.05, 0.1) is 13.2 Å². The number of hydrogen-bond donors (Lipinski definition) is 0. The molecule has 100 valence electrons. The molecule has 0 amide bonds. The Bertz CT molecular complexity index is 223. The van der Waals surface area contributed by atoms with Crippen LogP contribution in [0.15, 0.2) is 0 Å². The second-order valence-electron chi connectivity index (χ2n) is 3.21. The topological polar surface area (TPSA) is 61.8 Å². The summed E-state index contributed by atoms with van der Waals surface area (Å²) in [5.74, 6) is -0.739. The average Bonchev–Trinajstić information content (AvgIpc) is 2.15. The summed E-state index contributed by atoms with van der Waals surface area (Å²) in [6.45, 7) is 2.98. The van der Waals surface area contributed by atoms with Crippen LogP contribution in [0.25, 0.3) is 0 Å². The Kier molecular flexibility index (Phi) is 9.21. The van der Waals surface area contributed by atoms with Gasteiger partial charge >= 0.3 is 11.9 Å². The minimum Gasteiger partial charge on any atom is -0.466 e. The van der Waals surface area contributed by atoms with E-state index in [4.69, 9.17) is 37.4 Å². The van der Waals surface area contributed by atoms with Gasteiger partial charge in [-0.3, -0.25) is 9.59 Å². The van der Waals surface area contributed by atoms with Crippen LogP contribution in [0.4, 0.5) is 0 Å². The molecule has 0 fully saturated rings. The van der Waals surface area contributed by atoms with Crippen LogP contribution < -0.4 is 0 Å². The van der Waals surface area contributed by atoms with E-state index in [0.717, 1.165) is 0 Å². The molecule has 0 aliphatic rings. The lowest BCUT2D eigenvalue weighted by Crippen LogP contribution is -2.18. The van der Waals surface area contributed by atoms with E-state index in [1.807, 2.05) is 0 Å². The number of halogens is 2. The number of alkyl halides is 2. The van der Waals surface area contributed by atoms with Gasteiger partial charge in [-0.05, 0) is 0 Å². The fraction of sp³-hybridized carbons (Fsp3) is 0.800. The Labute approximate surface area is 110 Å². The lowest BCUT2D eigenvalue weighted by molar-refractivity contribution is -0.141. The third-order valence-corrected chi connectivity index (χ3v) is 2.24. The quantitative estimate of drug-likeness (QED) is 0.505. The summed E-state index contributed by atoms with van der Waals surface area (Å²) in [6.07, 6.45) is 0.690. The van der Waals surface area contributed by atoms with Crippen molar-refractivity contribution in [3.05, 3.63) is 0 Å². The molecule has 0 aliphatic carbocycles. The summed E-state index contributed by atoms with van der Waals surface area (Å²) in [4.78, 5) is 20.9. The lowest BCUT2D eigenvalue weighted by Gasteiger charge is -2.15. The molecule has 0 radical (unpaired) electrons. The molecule has 5 nitrogen and oxygen atoms in total. The van der Waals surface area contributed by atoms with E-state index in [9.17, 15) is 9.59 Å². The van der Waals surface area contributed by atoms with Gasteiger partial charge in [0.1, 0.15) is 11.1 Å². The summed E-state index contributed by atoms with van der Waals surface area (Å²) < 4.78 is 14.5. The van der Waals surface area contributed by atoms with Gasteiger partial charge in [0.15, 0.2) is 0 Å². The molecular weight excluding hydrogens is 271 g/mol. The van der Waals surface area contributed by atoms with Crippen LogP contribution in [0, 0.1) is 0 Å². The predicted octanol–water partition coefficient (Wildman–Crippen LogP) is 2.04. The summed E-state index contributed by atoms with van der Waals surface area (Å²) >= 11 is 11.6. The Hall–Kier alpha value is -0.520. The molecule has 17 heavy (non-hydrogen) atoms. The first-order chi connectivity index (χ1) is 7.91. The third-order valence-electron chi connectivity index (χ3n) is 1.60. The standard InChI is InChI=1S/C10H16Cl2O5/c1-7(13)15-5-3-9(11)17-10(12)4-6-16-8(2)14/h9-10H,3-6H2,1-2H3. The molecule has 0 saturated carbocycles. The van der Waals surface area contributed by atoms with E-state index in [1.54, 1.807) is 0 Å². The maximum Gasteiger partial charge on any atom is 0.302 e. The van der Waals surface area contributed by atoms with E-state index >= 15 is 0 Å². The van der Waals surface area contributed by atoms with Gasteiger partial charge in [-0.1, -0.05) is 23.2 Å². The van der Waals surface area contributed by atoms with Crippen molar-refractivity contribution in [2.24, 2.45) is 0 Å². The maximum absolute atomic E-state index is 10.5. The highest BCUT2D eigenvalue weighted by molar-refractivity contribution is 6.21. The Balaban J connectivity index is 3.54. The fourth-order valence-electron chi connectivity index (χ4n) is 0.887. The van der Waals surface area contributed by atoms with Gasteiger partial charge in [0.2, 0.25) is 0 Å². The van der Waals surface area contributed by atoms with E-state index in [-0.39, 0.29) is 25.2 Å². The van der Waals surface area contributed by atoms with Crippen molar-refractivity contribution >= 4 is 35.1 Å². The first kappa shape index (κ1) is 16.5. The largest absolute Gasteiger partial charge is 0.466 e. The predicted molar refractivity (Wildman–Crippen MR) is 62.9 cm³/mol. The second-order valence-corrected chi connectivity index (χ2v) is 4.19. The Morgan fingerprint density at radius 1 is 0.941 bits per heavy atom. The zero-order valence-electron chi connectivity index (χ0n) is 9.78. The summed E-state index contributed by atoms with van der Waals surface area (Å²) in [7, 11) is 0. The first-order valence-electron chi connectivity index (χ1n) is 5.12. The second kappa shape index (κ2) is 9.50. The van der Waals surface area contributed by atoms with Crippen molar-refractivity contribution in [2.75, 3.05) is 13.2 Å². The van der Waals surface area contributed by atoms with E-state index in [2.05, 4.69) is 0 Å². The number of carbonyl (C=O) groups is 2. The van der Waals surface area contributed by atoms with Gasteiger partial charge in [0, 0.05) is 26.7 Å². The van der Waals surface area contributed by atoms with Gasteiger partial charge < -0.3 is 14.2 Å². The highest BCUT2D eigenvalue weighted by Crippen LogP contribution is 2.13. The summed E-state index contributed by atoms with van der Waals surface area (Å²) in [6, 6.07) is 0. The normalized spacial score (nSPS) is 13.9. The van der Waals surface area contributed by atoms with Crippen LogP contribution in [-0.2, 0) is 23.8 Å². The van der Waals surface area contributed by atoms with Gasteiger partial charge in [0.25, 0.3) is 0 Å². The van der Waals surface area contributed by atoms with E-state index < -0.39 is 11.1 Å². The molecule has 0 aromatic carbocycles. The maximum atomic E-state index is 10.5. The molecule has 2 atom stereocenters. The SMILES string of the molecule is CC(=O)OCCC(Cl)OC(Cl)CCOC(C)=O. The Morgan fingerprint density at radius 3 is 1.59 bits per heavy atom. The van der Waals surface area contributed by atoms with E-state index in [0.29, 0.717) is 12.8 Å². The monoisotopic (exact) mass is 286 g/mol. The smallest absolute Gasteiger partial charge is 0.302 e. The zero-order chi connectivity index (χ0) is 13.3. The molecule has 7 heteroatoms. The Morgan fingerprint density at radius 2 is 1.29 bits per heavy atom. The van der Waals surface area contributed by atoms with Crippen molar-refractivity contribution in [2.45, 2.75) is 37.8 Å². The highest BCUT2D eigenvalue weighted by Gasteiger charge is 2.13. The number of rotatable bonds is 8. The van der Waals surface area contributed by atoms with Crippen molar-refractivity contribution in [1.29, 1.82) is 0 Å². The minimum atomic E-state index is -0.644. The number of hydrogen-bond acceptors (Lipinski definition) is 5. The molecule has 0 aromatic rings. The van der Waals surface area contributed by atoms with Crippen LogP contribution in [0.2, 0.25) is 0 Å². The van der Waals surface area contributed by atoms with Crippen molar-refractivity contribution in [3.63, 3.8) is 0 Å². The minimum absolute atomic E-state index is 0.178. The summed E-state index contributed by atoms with van der Waals surface area (Å²) in [5.41, 5.74) is -1.29.